The molecule has 1 saturated heterocycles. The normalized spacial score (nSPS) is 18.4. The van der Waals surface area contributed by atoms with Crippen LogP contribution in [0.5, 0.6) is 0 Å². The predicted octanol–water partition coefficient (Wildman–Crippen LogP) is 1.66. The molecule has 0 N–H and O–H groups in total. The molecule has 7 nitrogen and oxygen atoms in total. The molecule has 1 fully saturated rings. The average molecular weight is 294 g/mol. The van der Waals surface area contributed by atoms with Gasteiger partial charge >= 0.3 is 0 Å². The highest BCUT2D eigenvalue weighted by Crippen LogP contribution is 2.24. The van der Waals surface area contributed by atoms with E-state index in [1.165, 1.54) is 17.5 Å². The smallest absolute Gasteiger partial charge is 0.298 e. The van der Waals surface area contributed by atoms with Gasteiger partial charge in [0.2, 0.25) is 10.9 Å². The van der Waals surface area contributed by atoms with Crippen LogP contribution in [-0.2, 0) is 4.74 Å². The number of carbonyl (C=O) groups is 1. The fourth-order valence-corrected chi connectivity index (χ4v) is 2.79. The predicted molar refractivity (Wildman–Crippen MR) is 71.8 cm³/mol. The maximum atomic E-state index is 12.5. The molecule has 1 amide bonds. The summed E-state index contributed by atoms with van der Waals surface area (Å²) < 4.78 is 10.5. The molecule has 0 aliphatic carbocycles. The summed E-state index contributed by atoms with van der Waals surface area (Å²) in [6.07, 6.45) is 3.44. The monoisotopic (exact) mass is 294 g/mol. The second-order valence-electron chi connectivity index (χ2n) is 4.53. The number of nitrogens with zero attached hydrogens (tertiary/aromatic N) is 4. The van der Waals surface area contributed by atoms with E-state index < -0.39 is 0 Å². The van der Waals surface area contributed by atoms with Crippen molar-refractivity contribution >= 4 is 22.4 Å². The molecular weight excluding hydrogens is 280 g/mol. The molecule has 8 heteroatoms. The Balaban J connectivity index is 1.84. The number of anilines is 1. The summed E-state index contributed by atoms with van der Waals surface area (Å²) in [6.45, 7) is 3.04. The Morgan fingerprint density at radius 2 is 2.45 bits per heavy atom. The molecule has 0 aromatic carbocycles. The number of aromatic nitrogens is 3. The van der Waals surface area contributed by atoms with Crippen LogP contribution >= 0.6 is 11.3 Å². The first-order valence-electron chi connectivity index (χ1n) is 6.38. The molecular formula is C12H14N4O3S. The molecule has 1 atom stereocenters. The Kier molecular flexibility index (Phi) is 3.75. The fraction of sp³-hybridized carbons (Fsp3) is 0.500. The van der Waals surface area contributed by atoms with Crippen molar-refractivity contribution in [3.05, 3.63) is 23.0 Å². The van der Waals surface area contributed by atoms with Gasteiger partial charge in [0.15, 0.2) is 0 Å². The van der Waals surface area contributed by atoms with Gasteiger partial charge in [-0.3, -0.25) is 9.69 Å². The van der Waals surface area contributed by atoms with Crippen LogP contribution in [0, 0.1) is 6.92 Å². The van der Waals surface area contributed by atoms with Crippen molar-refractivity contribution in [1.82, 2.24) is 15.4 Å². The zero-order valence-corrected chi connectivity index (χ0v) is 11.8. The third-order valence-electron chi connectivity index (χ3n) is 3.05. The molecule has 0 radical (unpaired) electrons. The lowest BCUT2D eigenvalue weighted by Gasteiger charge is -2.21. The summed E-state index contributed by atoms with van der Waals surface area (Å²) in [5.74, 6) is -0.0787. The van der Waals surface area contributed by atoms with E-state index in [-0.39, 0.29) is 17.8 Å². The van der Waals surface area contributed by atoms with Gasteiger partial charge in [-0.05, 0) is 19.8 Å². The first-order valence-corrected chi connectivity index (χ1v) is 7.20. The molecule has 1 aliphatic rings. The second kappa shape index (κ2) is 5.68. The van der Waals surface area contributed by atoms with Gasteiger partial charge in [0, 0.05) is 12.7 Å². The van der Waals surface area contributed by atoms with E-state index in [2.05, 4.69) is 15.4 Å². The summed E-state index contributed by atoms with van der Waals surface area (Å²) in [4.78, 5) is 14.0. The highest BCUT2D eigenvalue weighted by molar-refractivity contribution is 7.15. The molecule has 2 aromatic heterocycles. The summed E-state index contributed by atoms with van der Waals surface area (Å²) in [5, 5.41) is 12.9. The largest absolute Gasteiger partial charge is 0.376 e. The van der Waals surface area contributed by atoms with Crippen molar-refractivity contribution in [2.45, 2.75) is 25.9 Å². The number of carbonyl (C=O) groups excluding carboxylic acids is 1. The average Bonchev–Trinajstić information content (AvgIpc) is 3.17. The Hall–Kier alpha value is -1.80. The van der Waals surface area contributed by atoms with Crippen LogP contribution in [0.3, 0.4) is 0 Å². The van der Waals surface area contributed by atoms with Crippen molar-refractivity contribution in [3.8, 4) is 0 Å². The number of aryl methyl sites for hydroxylation is 1. The molecule has 2 aromatic rings. The van der Waals surface area contributed by atoms with Crippen LogP contribution in [0.2, 0.25) is 0 Å². The Morgan fingerprint density at radius 3 is 3.05 bits per heavy atom. The van der Waals surface area contributed by atoms with Crippen LogP contribution in [0.1, 0.15) is 28.4 Å². The van der Waals surface area contributed by atoms with E-state index >= 15 is 0 Å². The minimum Gasteiger partial charge on any atom is -0.376 e. The number of hydrogen-bond acceptors (Lipinski definition) is 7. The number of rotatable bonds is 4. The molecule has 1 aliphatic heterocycles. The Morgan fingerprint density at radius 1 is 1.55 bits per heavy atom. The van der Waals surface area contributed by atoms with E-state index in [1.54, 1.807) is 11.0 Å². The lowest BCUT2D eigenvalue weighted by Crippen LogP contribution is -2.37. The van der Waals surface area contributed by atoms with E-state index in [9.17, 15) is 4.79 Å². The zero-order valence-electron chi connectivity index (χ0n) is 11.0. The van der Waals surface area contributed by atoms with Gasteiger partial charge in [0.05, 0.1) is 18.8 Å². The van der Waals surface area contributed by atoms with Crippen LogP contribution in [0.25, 0.3) is 0 Å². The van der Waals surface area contributed by atoms with Gasteiger partial charge in [0.25, 0.3) is 5.91 Å². The van der Waals surface area contributed by atoms with Gasteiger partial charge in [-0.1, -0.05) is 16.5 Å². The molecule has 0 saturated carbocycles. The van der Waals surface area contributed by atoms with Crippen LogP contribution in [-0.4, -0.2) is 40.5 Å². The lowest BCUT2D eigenvalue weighted by atomic mass is 10.2. The summed E-state index contributed by atoms with van der Waals surface area (Å²) in [7, 11) is 0. The molecule has 106 valence electrons. The van der Waals surface area contributed by atoms with Crippen molar-refractivity contribution in [1.29, 1.82) is 0 Å². The third-order valence-corrected chi connectivity index (χ3v) is 3.91. The summed E-state index contributed by atoms with van der Waals surface area (Å²) >= 11 is 1.37. The first kappa shape index (κ1) is 13.2. The van der Waals surface area contributed by atoms with E-state index in [1.807, 2.05) is 6.92 Å². The first-order chi connectivity index (χ1) is 9.74. The summed E-state index contributed by atoms with van der Waals surface area (Å²) in [5.41, 5.74) is 0. The van der Waals surface area contributed by atoms with Gasteiger partial charge in [0.1, 0.15) is 5.01 Å². The van der Waals surface area contributed by atoms with Crippen molar-refractivity contribution in [2.24, 2.45) is 0 Å². The van der Waals surface area contributed by atoms with Gasteiger partial charge < -0.3 is 9.26 Å². The highest BCUT2D eigenvalue weighted by Gasteiger charge is 2.28. The van der Waals surface area contributed by atoms with Gasteiger partial charge in [-0.25, -0.2) is 0 Å². The van der Waals surface area contributed by atoms with Gasteiger partial charge in [-0.15, -0.1) is 10.2 Å². The topological polar surface area (TPSA) is 81.4 Å². The van der Waals surface area contributed by atoms with E-state index in [4.69, 9.17) is 9.26 Å². The quantitative estimate of drug-likeness (QED) is 0.853. The third kappa shape index (κ3) is 2.70. The van der Waals surface area contributed by atoms with Gasteiger partial charge in [-0.2, -0.15) is 0 Å². The minimum atomic E-state index is -0.269. The molecule has 3 heterocycles. The fourth-order valence-electron chi connectivity index (χ4n) is 2.09. The van der Waals surface area contributed by atoms with Crippen molar-refractivity contribution in [3.63, 3.8) is 0 Å². The lowest BCUT2D eigenvalue weighted by molar-refractivity contribution is 0.0887. The summed E-state index contributed by atoms with van der Waals surface area (Å²) in [6, 6.07) is 1.54. The number of amides is 1. The van der Waals surface area contributed by atoms with Crippen LogP contribution in [0.15, 0.2) is 16.8 Å². The highest BCUT2D eigenvalue weighted by atomic mass is 32.1. The molecule has 3 rings (SSSR count). The van der Waals surface area contributed by atoms with E-state index in [0.717, 1.165) is 24.5 Å². The maximum absolute atomic E-state index is 12.5. The maximum Gasteiger partial charge on any atom is 0.298 e. The molecule has 20 heavy (non-hydrogen) atoms. The van der Waals surface area contributed by atoms with Crippen molar-refractivity contribution < 1.29 is 14.1 Å². The Labute approximate surface area is 119 Å². The molecule has 1 unspecified atom stereocenters. The second-order valence-corrected chi connectivity index (χ2v) is 5.69. The minimum absolute atomic E-state index is 0.0334. The van der Waals surface area contributed by atoms with E-state index in [0.29, 0.717) is 11.7 Å². The number of hydrogen-bond donors (Lipinski definition) is 0. The van der Waals surface area contributed by atoms with Crippen LogP contribution < -0.4 is 4.90 Å². The SMILES string of the molecule is Cc1nnc(N(CC2CCCO2)C(=O)c2ccno2)s1. The standard InChI is InChI=1S/C12H14N4O3S/c1-8-14-15-12(20-8)16(7-9-3-2-6-18-9)11(17)10-4-5-13-19-10/h4-5,9H,2-3,6-7H2,1H3. The van der Waals surface area contributed by atoms with Crippen molar-refractivity contribution in [2.75, 3.05) is 18.1 Å². The molecule has 0 bridgehead atoms. The zero-order chi connectivity index (χ0) is 13.9. The van der Waals surface area contributed by atoms with Crippen LogP contribution in [0.4, 0.5) is 5.13 Å². The molecule has 0 spiro atoms. The number of ether oxygens (including phenoxy) is 1. The Bertz CT molecular complexity index is 577.